The molecule has 132 valence electrons. The molecule has 2 N–H and O–H groups in total. The number of hydrogen-bond donors (Lipinski definition) is 2. The first kappa shape index (κ1) is 17.2. The Balaban J connectivity index is 1.61. The Bertz CT molecular complexity index is 722. The molecule has 6 heteroatoms. The second-order valence-electron chi connectivity index (χ2n) is 6.50. The van der Waals surface area contributed by atoms with E-state index in [4.69, 9.17) is 4.74 Å². The fourth-order valence-electron chi connectivity index (χ4n) is 3.08. The van der Waals surface area contributed by atoms with Crippen molar-refractivity contribution < 1.29 is 9.53 Å². The number of amides is 2. The lowest BCUT2D eigenvalue weighted by atomic mass is 9.96. The third-order valence-electron chi connectivity index (χ3n) is 4.20. The van der Waals surface area contributed by atoms with Crippen molar-refractivity contribution in [2.75, 3.05) is 5.32 Å². The minimum atomic E-state index is -0.174. The molecule has 1 heterocycles. The number of ether oxygens (including phenoxy) is 1. The first-order chi connectivity index (χ1) is 12.1. The molecular weight excluding hydrogens is 316 g/mol. The molecule has 3 rings (SSSR count). The first-order valence-corrected chi connectivity index (χ1v) is 8.76. The van der Waals surface area contributed by atoms with E-state index < -0.39 is 0 Å². The lowest BCUT2D eigenvalue weighted by Gasteiger charge is -2.22. The second-order valence-corrected chi connectivity index (χ2v) is 6.50. The fraction of sp³-hybridized carbons (Fsp3) is 0.421. The van der Waals surface area contributed by atoms with Crippen LogP contribution in [-0.2, 0) is 0 Å². The van der Waals surface area contributed by atoms with E-state index in [0.29, 0.717) is 17.4 Å². The van der Waals surface area contributed by atoms with E-state index in [0.717, 1.165) is 24.2 Å². The molecule has 0 saturated heterocycles. The van der Waals surface area contributed by atoms with E-state index >= 15 is 0 Å². The number of aromatic nitrogens is 2. The Hall–Kier alpha value is -2.63. The number of anilines is 1. The Labute approximate surface area is 148 Å². The highest BCUT2D eigenvalue weighted by molar-refractivity contribution is 5.89. The quantitative estimate of drug-likeness (QED) is 0.868. The van der Waals surface area contributed by atoms with Crippen LogP contribution in [-0.4, -0.2) is 22.0 Å². The van der Waals surface area contributed by atoms with Crippen LogP contribution in [0.3, 0.4) is 0 Å². The molecule has 0 atom stereocenters. The van der Waals surface area contributed by atoms with Gasteiger partial charge in [0.05, 0.1) is 0 Å². The minimum Gasteiger partial charge on any atom is -0.424 e. The van der Waals surface area contributed by atoms with Gasteiger partial charge in [-0.3, -0.25) is 0 Å². The summed E-state index contributed by atoms with van der Waals surface area (Å²) in [6, 6.07) is 9.53. The number of benzene rings is 1. The fourth-order valence-corrected chi connectivity index (χ4v) is 3.08. The van der Waals surface area contributed by atoms with Crippen LogP contribution in [0.5, 0.6) is 11.8 Å². The summed E-state index contributed by atoms with van der Waals surface area (Å²) in [4.78, 5) is 20.7. The van der Waals surface area contributed by atoms with Crippen molar-refractivity contribution in [1.82, 2.24) is 15.3 Å². The third kappa shape index (κ3) is 5.17. The van der Waals surface area contributed by atoms with Crippen molar-refractivity contribution in [3.05, 3.63) is 41.7 Å². The summed E-state index contributed by atoms with van der Waals surface area (Å²) < 4.78 is 5.72. The van der Waals surface area contributed by atoms with Crippen LogP contribution < -0.4 is 15.4 Å². The molecule has 25 heavy (non-hydrogen) atoms. The van der Waals surface area contributed by atoms with Crippen molar-refractivity contribution in [2.24, 2.45) is 0 Å². The number of carbonyl (C=O) groups excluding carboxylic acids is 1. The molecule has 0 spiro atoms. The van der Waals surface area contributed by atoms with Crippen LogP contribution in [0.1, 0.15) is 43.5 Å². The third-order valence-corrected chi connectivity index (χ3v) is 4.20. The van der Waals surface area contributed by atoms with Crippen LogP contribution >= 0.6 is 0 Å². The van der Waals surface area contributed by atoms with Gasteiger partial charge in [-0.15, -0.1) is 0 Å². The monoisotopic (exact) mass is 340 g/mol. The molecule has 1 saturated carbocycles. The van der Waals surface area contributed by atoms with Crippen molar-refractivity contribution in [2.45, 2.75) is 52.0 Å². The minimum absolute atomic E-state index is 0.174. The summed E-state index contributed by atoms with van der Waals surface area (Å²) in [6.07, 6.45) is 5.75. The predicted molar refractivity (Wildman–Crippen MR) is 97.0 cm³/mol. The molecule has 1 aliphatic rings. The zero-order valence-corrected chi connectivity index (χ0v) is 14.7. The number of urea groups is 1. The highest BCUT2D eigenvalue weighted by atomic mass is 16.5. The topological polar surface area (TPSA) is 76.1 Å². The molecule has 2 aromatic rings. The molecule has 0 unspecified atom stereocenters. The van der Waals surface area contributed by atoms with Gasteiger partial charge in [-0.1, -0.05) is 25.3 Å². The molecule has 0 bridgehead atoms. The van der Waals surface area contributed by atoms with Crippen molar-refractivity contribution in [1.29, 1.82) is 0 Å². The Morgan fingerprint density at radius 3 is 2.52 bits per heavy atom. The van der Waals surface area contributed by atoms with E-state index in [1.807, 2.05) is 38.1 Å². The van der Waals surface area contributed by atoms with Gasteiger partial charge in [0.1, 0.15) is 5.75 Å². The van der Waals surface area contributed by atoms with Crippen molar-refractivity contribution in [3.63, 3.8) is 0 Å². The summed E-state index contributed by atoms with van der Waals surface area (Å²) in [6.45, 7) is 3.80. The van der Waals surface area contributed by atoms with Crippen LogP contribution in [0.4, 0.5) is 10.5 Å². The van der Waals surface area contributed by atoms with E-state index in [2.05, 4.69) is 20.6 Å². The SMILES string of the molecule is Cc1cc(C)nc(Oc2cccc(NC(=O)NC3CCCCC3)c2)n1. The second kappa shape index (κ2) is 7.96. The molecular formula is C19H24N4O2. The van der Waals surface area contributed by atoms with Crippen LogP contribution in [0, 0.1) is 13.8 Å². The first-order valence-electron chi connectivity index (χ1n) is 8.76. The number of nitrogens with zero attached hydrogens (tertiary/aromatic N) is 2. The highest BCUT2D eigenvalue weighted by Crippen LogP contribution is 2.22. The zero-order valence-electron chi connectivity index (χ0n) is 14.7. The summed E-state index contributed by atoms with van der Waals surface area (Å²) in [5.74, 6) is 0.584. The molecule has 1 aromatic heterocycles. The molecule has 2 amide bonds. The number of hydrogen-bond acceptors (Lipinski definition) is 4. The average molecular weight is 340 g/mol. The van der Waals surface area contributed by atoms with Crippen LogP contribution in [0.2, 0.25) is 0 Å². The van der Waals surface area contributed by atoms with E-state index in [-0.39, 0.29) is 12.1 Å². The van der Waals surface area contributed by atoms with Crippen LogP contribution in [0.25, 0.3) is 0 Å². The maximum Gasteiger partial charge on any atom is 0.322 e. The van der Waals surface area contributed by atoms with Gasteiger partial charge in [0.25, 0.3) is 0 Å². The van der Waals surface area contributed by atoms with E-state index in [1.165, 1.54) is 19.3 Å². The molecule has 1 fully saturated rings. The summed E-state index contributed by atoms with van der Waals surface area (Å²) >= 11 is 0. The highest BCUT2D eigenvalue weighted by Gasteiger charge is 2.15. The van der Waals surface area contributed by atoms with Gasteiger partial charge in [0.2, 0.25) is 0 Å². The number of aryl methyl sites for hydroxylation is 2. The normalized spacial score (nSPS) is 14.8. The summed E-state index contributed by atoms with van der Waals surface area (Å²) in [5.41, 5.74) is 2.38. The van der Waals surface area contributed by atoms with Crippen LogP contribution in [0.15, 0.2) is 30.3 Å². The Morgan fingerprint density at radius 2 is 1.80 bits per heavy atom. The van der Waals surface area contributed by atoms with Gasteiger partial charge in [0, 0.05) is 29.2 Å². The maximum absolute atomic E-state index is 12.2. The van der Waals surface area contributed by atoms with Crippen molar-refractivity contribution >= 4 is 11.7 Å². The van der Waals surface area contributed by atoms with Gasteiger partial charge in [0.15, 0.2) is 0 Å². The predicted octanol–water partition coefficient (Wildman–Crippen LogP) is 4.34. The van der Waals surface area contributed by atoms with E-state index in [1.54, 1.807) is 6.07 Å². The van der Waals surface area contributed by atoms with Gasteiger partial charge in [-0.25, -0.2) is 14.8 Å². The largest absolute Gasteiger partial charge is 0.424 e. The Kier molecular flexibility index (Phi) is 5.48. The molecule has 6 nitrogen and oxygen atoms in total. The lowest BCUT2D eigenvalue weighted by molar-refractivity contribution is 0.244. The summed E-state index contributed by atoms with van der Waals surface area (Å²) in [5, 5.41) is 5.90. The zero-order chi connectivity index (χ0) is 17.6. The molecule has 1 aliphatic carbocycles. The van der Waals surface area contributed by atoms with Gasteiger partial charge in [-0.2, -0.15) is 0 Å². The number of nitrogens with one attached hydrogen (secondary N) is 2. The van der Waals surface area contributed by atoms with E-state index in [9.17, 15) is 4.79 Å². The van der Waals surface area contributed by atoms with Crippen molar-refractivity contribution in [3.8, 4) is 11.8 Å². The molecule has 0 aliphatic heterocycles. The number of rotatable bonds is 4. The molecule has 0 radical (unpaired) electrons. The van der Waals surface area contributed by atoms with Gasteiger partial charge < -0.3 is 15.4 Å². The summed E-state index contributed by atoms with van der Waals surface area (Å²) in [7, 11) is 0. The maximum atomic E-state index is 12.2. The van der Waals surface area contributed by atoms with Gasteiger partial charge in [-0.05, 0) is 44.9 Å². The standard InChI is InChI=1S/C19H24N4O2/c1-13-11-14(2)21-19(20-13)25-17-10-6-9-16(12-17)23-18(24)22-15-7-4-3-5-8-15/h6,9-12,15H,3-5,7-8H2,1-2H3,(H2,22,23,24). The average Bonchev–Trinajstić information content (AvgIpc) is 2.55. The Morgan fingerprint density at radius 1 is 1.08 bits per heavy atom. The number of carbonyl (C=O) groups is 1. The molecule has 1 aromatic carbocycles. The van der Waals surface area contributed by atoms with Gasteiger partial charge >= 0.3 is 12.0 Å². The smallest absolute Gasteiger partial charge is 0.322 e. The lowest BCUT2D eigenvalue weighted by Crippen LogP contribution is -2.38.